The highest BCUT2D eigenvalue weighted by Gasteiger charge is 2.34. The highest BCUT2D eigenvalue weighted by atomic mass is 19.1. The Morgan fingerprint density at radius 1 is 1.32 bits per heavy atom. The number of nitrogens with zero attached hydrogens (tertiary/aromatic N) is 4. The third-order valence-electron chi connectivity index (χ3n) is 4.21. The lowest BCUT2D eigenvalue weighted by Gasteiger charge is -2.39. The maximum absolute atomic E-state index is 13.0. The standard InChI is InChI=1S/C17H20FN5O2/c1-12-19-7-13(8-20-12)16(24)22-10-17(25)5-2-6-23(11-17)15-4-3-14(18)9-21-15/h3-4,7-9,25H,2,5-6,10-11H2,1H3,(H,22,24). The number of hydrogen-bond donors (Lipinski definition) is 2. The van der Waals surface area contributed by atoms with Crippen LogP contribution in [0.4, 0.5) is 10.2 Å². The summed E-state index contributed by atoms with van der Waals surface area (Å²) in [5, 5.41) is 13.5. The van der Waals surface area contributed by atoms with Crippen LogP contribution in [0.5, 0.6) is 0 Å². The van der Waals surface area contributed by atoms with E-state index in [1.54, 1.807) is 13.0 Å². The van der Waals surface area contributed by atoms with Crippen molar-refractivity contribution in [2.24, 2.45) is 0 Å². The van der Waals surface area contributed by atoms with Gasteiger partial charge in [0.1, 0.15) is 17.5 Å². The Bertz CT molecular complexity index is 738. The molecule has 1 aliphatic heterocycles. The second-order valence-corrected chi connectivity index (χ2v) is 6.29. The second kappa shape index (κ2) is 7.10. The molecule has 132 valence electrons. The first-order valence-corrected chi connectivity index (χ1v) is 8.11. The van der Waals surface area contributed by atoms with Gasteiger partial charge in [-0.15, -0.1) is 0 Å². The maximum Gasteiger partial charge on any atom is 0.254 e. The third kappa shape index (κ3) is 4.27. The fraction of sp³-hybridized carbons (Fsp3) is 0.412. The Labute approximate surface area is 144 Å². The van der Waals surface area contributed by atoms with Crippen molar-refractivity contribution < 1.29 is 14.3 Å². The molecule has 1 amide bonds. The molecule has 2 aromatic rings. The maximum atomic E-state index is 13.0. The van der Waals surface area contributed by atoms with Gasteiger partial charge in [0.2, 0.25) is 0 Å². The van der Waals surface area contributed by atoms with Crippen LogP contribution in [-0.4, -0.2) is 51.2 Å². The highest BCUT2D eigenvalue weighted by Crippen LogP contribution is 2.24. The number of nitrogens with one attached hydrogen (secondary N) is 1. The average molecular weight is 345 g/mol. The van der Waals surface area contributed by atoms with Crippen LogP contribution >= 0.6 is 0 Å². The van der Waals surface area contributed by atoms with E-state index in [2.05, 4.69) is 20.3 Å². The summed E-state index contributed by atoms with van der Waals surface area (Å²) in [6.07, 6.45) is 5.38. The molecule has 1 saturated heterocycles. The molecule has 7 nitrogen and oxygen atoms in total. The number of carbonyl (C=O) groups is 1. The van der Waals surface area contributed by atoms with Crippen molar-refractivity contribution in [1.29, 1.82) is 0 Å². The lowest BCUT2D eigenvalue weighted by Crippen LogP contribution is -2.54. The molecule has 0 aromatic carbocycles. The summed E-state index contributed by atoms with van der Waals surface area (Å²) in [7, 11) is 0. The van der Waals surface area contributed by atoms with E-state index in [0.29, 0.717) is 30.2 Å². The number of aryl methyl sites for hydroxylation is 1. The predicted molar refractivity (Wildman–Crippen MR) is 89.7 cm³/mol. The van der Waals surface area contributed by atoms with Gasteiger partial charge < -0.3 is 15.3 Å². The van der Waals surface area contributed by atoms with Gasteiger partial charge in [-0.3, -0.25) is 4.79 Å². The van der Waals surface area contributed by atoms with E-state index in [9.17, 15) is 14.3 Å². The normalized spacial score (nSPS) is 20.4. The van der Waals surface area contributed by atoms with Crippen LogP contribution in [0.15, 0.2) is 30.7 Å². The Kier molecular flexibility index (Phi) is 4.89. The minimum absolute atomic E-state index is 0.109. The van der Waals surface area contributed by atoms with Crippen LogP contribution in [0.3, 0.4) is 0 Å². The topological polar surface area (TPSA) is 91.2 Å². The van der Waals surface area contributed by atoms with Crippen LogP contribution in [0.25, 0.3) is 0 Å². The Balaban J connectivity index is 1.61. The molecule has 0 bridgehead atoms. The summed E-state index contributed by atoms with van der Waals surface area (Å²) in [5.41, 5.74) is -0.725. The van der Waals surface area contributed by atoms with E-state index in [-0.39, 0.29) is 12.5 Å². The Hall–Kier alpha value is -2.61. The van der Waals surface area contributed by atoms with E-state index in [0.717, 1.165) is 19.2 Å². The van der Waals surface area contributed by atoms with E-state index in [1.807, 2.05) is 4.90 Å². The number of halogens is 1. The molecule has 0 saturated carbocycles. The molecule has 2 N–H and O–H groups in total. The van der Waals surface area contributed by atoms with Crippen LogP contribution in [-0.2, 0) is 0 Å². The predicted octanol–water partition coefficient (Wildman–Crippen LogP) is 1.08. The van der Waals surface area contributed by atoms with Gasteiger partial charge in [-0.05, 0) is 31.9 Å². The fourth-order valence-electron chi connectivity index (χ4n) is 2.86. The number of hydrogen-bond acceptors (Lipinski definition) is 6. The van der Waals surface area contributed by atoms with E-state index in [1.165, 1.54) is 18.5 Å². The largest absolute Gasteiger partial charge is 0.386 e. The zero-order chi connectivity index (χ0) is 17.9. The molecule has 3 rings (SSSR count). The van der Waals surface area contributed by atoms with Crippen LogP contribution in [0.1, 0.15) is 29.0 Å². The number of β-amino-alcohol motifs (C(OH)–C–C–N with tert-alkyl or cyclic N) is 1. The summed E-state index contributed by atoms with van der Waals surface area (Å²) < 4.78 is 13.0. The van der Waals surface area contributed by atoms with Gasteiger partial charge in [0, 0.05) is 32.0 Å². The number of pyridine rings is 1. The molecule has 1 atom stereocenters. The van der Waals surface area contributed by atoms with Crippen molar-refractivity contribution in [1.82, 2.24) is 20.3 Å². The first-order chi connectivity index (χ1) is 12.0. The SMILES string of the molecule is Cc1ncc(C(=O)NCC2(O)CCCN(c3ccc(F)cn3)C2)cn1. The highest BCUT2D eigenvalue weighted by molar-refractivity contribution is 5.93. The van der Waals surface area contributed by atoms with Crippen LogP contribution in [0, 0.1) is 12.7 Å². The van der Waals surface area contributed by atoms with Gasteiger partial charge >= 0.3 is 0 Å². The number of carbonyl (C=O) groups excluding carboxylic acids is 1. The molecule has 8 heteroatoms. The molecule has 2 aromatic heterocycles. The number of aromatic nitrogens is 3. The van der Waals surface area contributed by atoms with Crippen molar-refractivity contribution in [3.8, 4) is 0 Å². The zero-order valence-corrected chi connectivity index (χ0v) is 13.9. The van der Waals surface area contributed by atoms with E-state index < -0.39 is 11.4 Å². The average Bonchev–Trinajstić information content (AvgIpc) is 2.61. The van der Waals surface area contributed by atoms with Crippen LogP contribution < -0.4 is 10.2 Å². The van der Waals surface area contributed by atoms with Crippen molar-refractivity contribution >= 4 is 11.7 Å². The molecule has 1 fully saturated rings. The smallest absolute Gasteiger partial charge is 0.254 e. The summed E-state index contributed by atoms with van der Waals surface area (Å²) in [5.74, 6) is 0.469. The first kappa shape index (κ1) is 17.2. The second-order valence-electron chi connectivity index (χ2n) is 6.29. The molecule has 0 radical (unpaired) electrons. The molecule has 1 aliphatic rings. The number of rotatable bonds is 4. The molecule has 3 heterocycles. The number of aliphatic hydroxyl groups is 1. The van der Waals surface area contributed by atoms with E-state index >= 15 is 0 Å². The van der Waals surface area contributed by atoms with Gasteiger partial charge in [-0.1, -0.05) is 0 Å². The minimum Gasteiger partial charge on any atom is -0.386 e. The molecule has 0 spiro atoms. The summed E-state index contributed by atoms with van der Waals surface area (Å²) in [6, 6.07) is 2.93. The monoisotopic (exact) mass is 345 g/mol. The lowest BCUT2D eigenvalue weighted by atomic mass is 9.92. The minimum atomic E-state index is -1.07. The first-order valence-electron chi connectivity index (χ1n) is 8.11. The quantitative estimate of drug-likeness (QED) is 0.862. The molecular formula is C17H20FN5O2. The van der Waals surface area contributed by atoms with Crippen molar-refractivity contribution in [2.45, 2.75) is 25.4 Å². The van der Waals surface area contributed by atoms with Gasteiger partial charge in [0.25, 0.3) is 5.91 Å². The number of amides is 1. The molecular weight excluding hydrogens is 325 g/mol. The number of anilines is 1. The zero-order valence-electron chi connectivity index (χ0n) is 13.9. The third-order valence-corrected chi connectivity index (χ3v) is 4.21. The van der Waals surface area contributed by atoms with Crippen LogP contribution in [0.2, 0.25) is 0 Å². The van der Waals surface area contributed by atoms with Crippen molar-refractivity contribution in [3.63, 3.8) is 0 Å². The summed E-state index contributed by atoms with van der Waals surface area (Å²) in [4.78, 5) is 26.1. The van der Waals surface area contributed by atoms with Gasteiger partial charge in [0.15, 0.2) is 0 Å². The van der Waals surface area contributed by atoms with Gasteiger partial charge in [-0.25, -0.2) is 19.3 Å². The fourth-order valence-corrected chi connectivity index (χ4v) is 2.86. The number of piperidine rings is 1. The summed E-state index contributed by atoms with van der Waals surface area (Å²) in [6.45, 7) is 2.89. The molecule has 1 unspecified atom stereocenters. The van der Waals surface area contributed by atoms with Gasteiger partial charge in [0.05, 0.1) is 17.4 Å². The Morgan fingerprint density at radius 2 is 2.08 bits per heavy atom. The molecule has 0 aliphatic carbocycles. The lowest BCUT2D eigenvalue weighted by molar-refractivity contribution is 0.0254. The van der Waals surface area contributed by atoms with Gasteiger partial charge in [-0.2, -0.15) is 0 Å². The Morgan fingerprint density at radius 3 is 2.76 bits per heavy atom. The molecule has 25 heavy (non-hydrogen) atoms. The summed E-state index contributed by atoms with van der Waals surface area (Å²) >= 11 is 0. The van der Waals surface area contributed by atoms with Crippen molar-refractivity contribution in [3.05, 3.63) is 47.9 Å². The van der Waals surface area contributed by atoms with E-state index in [4.69, 9.17) is 0 Å². The van der Waals surface area contributed by atoms with Crippen molar-refractivity contribution in [2.75, 3.05) is 24.5 Å².